The van der Waals surface area contributed by atoms with Gasteiger partial charge in [-0.3, -0.25) is 4.99 Å². The first-order chi connectivity index (χ1) is 8.09. The zero-order chi connectivity index (χ0) is 12.4. The first-order valence-corrected chi connectivity index (χ1v) is 6.47. The van der Waals surface area contributed by atoms with E-state index < -0.39 is 0 Å². The summed E-state index contributed by atoms with van der Waals surface area (Å²) in [6, 6.07) is 3.90. The van der Waals surface area contributed by atoms with Crippen molar-refractivity contribution in [3.05, 3.63) is 21.6 Å². The normalized spacial score (nSPS) is 13.4. The number of hydrogen-bond donors (Lipinski definition) is 2. The highest BCUT2D eigenvalue weighted by Gasteiger charge is 2.14. The molecule has 0 aromatic heterocycles. The Bertz CT molecular complexity index is 460. The largest absolute Gasteiger partial charge is 0.375 e. The van der Waals surface area contributed by atoms with Gasteiger partial charge in [-0.05, 0) is 28.1 Å². The van der Waals surface area contributed by atoms with Crippen LogP contribution in [0.5, 0.6) is 0 Å². The Hall–Kier alpha value is -0.940. The molecule has 1 aromatic carbocycles. The molecule has 1 aliphatic heterocycles. The van der Waals surface area contributed by atoms with E-state index in [9.17, 15) is 0 Å². The molecule has 100 valence electrons. The second-order valence-corrected chi connectivity index (χ2v) is 5.17. The van der Waals surface area contributed by atoms with Crippen LogP contribution in [-0.4, -0.2) is 33.1 Å². The van der Waals surface area contributed by atoms with Crippen molar-refractivity contribution in [2.75, 3.05) is 37.4 Å². The average molecular weight is 334 g/mol. The molecule has 0 bridgehead atoms. The predicted molar refractivity (Wildman–Crippen MR) is 84.1 cm³/mol. The van der Waals surface area contributed by atoms with Crippen molar-refractivity contribution in [2.45, 2.75) is 7.43 Å². The summed E-state index contributed by atoms with van der Waals surface area (Å²) in [5, 5.41) is 7.02. The van der Waals surface area contributed by atoms with Gasteiger partial charge in [0, 0.05) is 25.1 Å². The summed E-state index contributed by atoms with van der Waals surface area (Å²) in [4.78, 5) is 6.25. The van der Waals surface area contributed by atoms with Gasteiger partial charge in [-0.1, -0.05) is 19.0 Å². The van der Waals surface area contributed by atoms with Crippen LogP contribution >= 0.6 is 27.5 Å². The quantitative estimate of drug-likeness (QED) is 0.873. The lowest BCUT2D eigenvalue weighted by atomic mass is 10.2. The number of nitrogens with zero attached hydrogens (tertiary/aromatic N) is 2. The minimum atomic E-state index is 0. The predicted octanol–water partition coefficient (Wildman–Crippen LogP) is 3.18. The van der Waals surface area contributed by atoms with Crippen LogP contribution in [0.25, 0.3) is 0 Å². The van der Waals surface area contributed by atoms with Crippen molar-refractivity contribution in [2.24, 2.45) is 4.99 Å². The fourth-order valence-electron chi connectivity index (χ4n) is 1.66. The first-order valence-electron chi connectivity index (χ1n) is 5.30. The number of rotatable bonds is 2. The Morgan fingerprint density at radius 2 is 2.17 bits per heavy atom. The molecule has 0 aliphatic carbocycles. The molecule has 2 rings (SSSR count). The fraction of sp³-hybridized carbons (Fsp3) is 0.417. The molecular weight excluding hydrogens is 316 g/mol. The molecule has 0 spiro atoms. The van der Waals surface area contributed by atoms with Gasteiger partial charge >= 0.3 is 0 Å². The average Bonchev–Trinajstić information content (AvgIpc) is 2.74. The third-order valence-corrected chi connectivity index (χ3v) is 3.46. The van der Waals surface area contributed by atoms with E-state index in [4.69, 9.17) is 11.6 Å². The summed E-state index contributed by atoms with van der Waals surface area (Å²) < 4.78 is 0.972. The van der Waals surface area contributed by atoms with E-state index >= 15 is 0 Å². The summed E-state index contributed by atoms with van der Waals surface area (Å²) in [7, 11) is 3.92. The molecule has 4 nitrogen and oxygen atoms in total. The van der Waals surface area contributed by atoms with Crippen molar-refractivity contribution in [1.29, 1.82) is 0 Å². The highest BCUT2D eigenvalue weighted by molar-refractivity contribution is 9.10. The van der Waals surface area contributed by atoms with Gasteiger partial charge < -0.3 is 15.5 Å². The molecule has 0 saturated heterocycles. The van der Waals surface area contributed by atoms with Gasteiger partial charge in [0.1, 0.15) is 0 Å². The van der Waals surface area contributed by atoms with Gasteiger partial charge in [-0.2, -0.15) is 0 Å². The Kier molecular flexibility index (Phi) is 5.28. The number of benzene rings is 1. The first kappa shape index (κ1) is 15.1. The van der Waals surface area contributed by atoms with E-state index in [1.54, 1.807) is 0 Å². The minimum Gasteiger partial charge on any atom is -0.375 e. The van der Waals surface area contributed by atoms with Crippen LogP contribution in [-0.2, 0) is 0 Å². The van der Waals surface area contributed by atoms with Crippen LogP contribution < -0.4 is 15.5 Å². The van der Waals surface area contributed by atoms with E-state index in [1.165, 1.54) is 0 Å². The SMILES string of the molecule is C.CN(C)c1c(Br)ccc(NC2=NCCN2)c1Cl. The summed E-state index contributed by atoms with van der Waals surface area (Å²) in [6.07, 6.45) is 0. The van der Waals surface area contributed by atoms with Gasteiger partial charge in [0.2, 0.25) is 0 Å². The molecule has 0 atom stereocenters. The Morgan fingerprint density at radius 3 is 2.72 bits per heavy atom. The van der Waals surface area contributed by atoms with E-state index in [0.29, 0.717) is 5.02 Å². The second-order valence-electron chi connectivity index (χ2n) is 3.93. The van der Waals surface area contributed by atoms with Crippen LogP contribution in [0, 0.1) is 0 Å². The van der Waals surface area contributed by atoms with Crippen LogP contribution in [0.4, 0.5) is 11.4 Å². The molecule has 0 saturated carbocycles. The summed E-state index contributed by atoms with van der Waals surface area (Å²) in [6.45, 7) is 1.67. The third kappa shape index (κ3) is 3.09. The van der Waals surface area contributed by atoms with E-state index in [1.807, 2.05) is 31.1 Å². The lowest BCUT2D eigenvalue weighted by Gasteiger charge is -2.19. The number of nitrogens with one attached hydrogen (secondary N) is 2. The molecule has 1 aliphatic rings. The van der Waals surface area contributed by atoms with E-state index in [2.05, 4.69) is 31.6 Å². The molecule has 6 heteroatoms. The summed E-state index contributed by atoms with van der Waals surface area (Å²) in [5.74, 6) is 0.777. The highest BCUT2D eigenvalue weighted by atomic mass is 79.9. The molecule has 1 aromatic rings. The lowest BCUT2D eigenvalue weighted by molar-refractivity contribution is 0.959. The minimum absolute atomic E-state index is 0. The fourth-order valence-corrected chi connectivity index (χ4v) is 2.84. The van der Waals surface area contributed by atoms with Gasteiger partial charge in [0.05, 0.1) is 22.9 Å². The maximum Gasteiger partial charge on any atom is 0.195 e. The van der Waals surface area contributed by atoms with Gasteiger partial charge in [0.15, 0.2) is 5.96 Å². The van der Waals surface area contributed by atoms with Crippen LogP contribution in [0.1, 0.15) is 7.43 Å². The number of halogens is 2. The molecular formula is C12H18BrClN4. The zero-order valence-corrected chi connectivity index (χ0v) is 12.1. The van der Waals surface area contributed by atoms with Crippen LogP contribution in [0.3, 0.4) is 0 Å². The molecule has 0 fully saturated rings. The van der Waals surface area contributed by atoms with E-state index in [0.717, 1.165) is 34.9 Å². The highest BCUT2D eigenvalue weighted by Crippen LogP contribution is 2.38. The summed E-state index contributed by atoms with van der Waals surface area (Å²) in [5.41, 5.74) is 1.81. The monoisotopic (exact) mass is 332 g/mol. The van der Waals surface area contributed by atoms with Gasteiger partial charge in [-0.15, -0.1) is 0 Å². The third-order valence-electron chi connectivity index (χ3n) is 2.44. The molecule has 2 N–H and O–H groups in total. The standard InChI is InChI=1S/C11H14BrClN4.CH4/c1-17(2)10-7(12)3-4-8(9(10)13)16-11-14-5-6-15-11;/h3-4H,5-6H2,1-2H3,(H2,14,15,16);1H4. The Balaban J connectivity index is 0.00000162. The van der Waals surface area contributed by atoms with Crippen molar-refractivity contribution < 1.29 is 0 Å². The van der Waals surface area contributed by atoms with Crippen molar-refractivity contribution in [3.8, 4) is 0 Å². The molecule has 1 heterocycles. The Morgan fingerprint density at radius 1 is 1.44 bits per heavy atom. The number of anilines is 2. The molecule has 0 unspecified atom stereocenters. The summed E-state index contributed by atoms with van der Waals surface area (Å²) >= 11 is 9.87. The molecule has 0 radical (unpaired) electrons. The van der Waals surface area contributed by atoms with Crippen LogP contribution in [0.15, 0.2) is 21.6 Å². The van der Waals surface area contributed by atoms with Gasteiger partial charge in [0.25, 0.3) is 0 Å². The maximum atomic E-state index is 6.37. The zero-order valence-electron chi connectivity index (χ0n) is 9.72. The number of aliphatic imine (C=N–C) groups is 1. The van der Waals surface area contributed by atoms with Crippen LogP contribution in [0.2, 0.25) is 5.02 Å². The maximum absolute atomic E-state index is 6.37. The topological polar surface area (TPSA) is 39.7 Å². The molecule has 0 amide bonds. The molecule has 18 heavy (non-hydrogen) atoms. The smallest absolute Gasteiger partial charge is 0.195 e. The van der Waals surface area contributed by atoms with Gasteiger partial charge in [-0.25, -0.2) is 0 Å². The lowest BCUT2D eigenvalue weighted by Crippen LogP contribution is -2.26. The van der Waals surface area contributed by atoms with E-state index in [-0.39, 0.29) is 7.43 Å². The number of guanidine groups is 1. The van der Waals surface area contributed by atoms with Crippen molar-refractivity contribution in [1.82, 2.24) is 5.32 Å². The van der Waals surface area contributed by atoms with Crippen molar-refractivity contribution >= 4 is 44.9 Å². The second kappa shape index (κ2) is 6.29. The van der Waals surface area contributed by atoms with Crippen molar-refractivity contribution in [3.63, 3.8) is 0 Å². The number of hydrogen-bond acceptors (Lipinski definition) is 4. The Labute approximate surface area is 122 Å².